The third-order valence-corrected chi connectivity index (χ3v) is 3.12. The Hall–Kier alpha value is -2.10. The summed E-state index contributed by atoms with van der Waals surface area (Å²) in [6.45, 7) is 3.84. The molecule has 18 heavy (non-hydrogen) atoms. The van der Waals surface area contributed by atoms with E-state index < -0.39 is 0 Å². The minimum absolute atomic E-state index is 0.178. The van der Waals surface area contributed by atoms with E-state index in [1.165, 1.54) is 12.1 Å². The van der Waals surface area contributed by atoms with Crippen molar-refractivity contribution in [3.8, 4) is 0 Å². The fourth-order valence-electron chi connectivity index (χ4n) is 1.82. The van der Waals surface area contributed by atoms with Crippen LogP contribution in [-0.4, -0.2) is 10.5 Å². The molecule has 3 nitrogen and oxygen atoms in total. The van der Waals surface area contributed by atoms with Crippen LogP contribution in [0.5, 0.6) is 0 Å². The summed E-state index contributed by atoms with van der Waals surface area (Å²) in [4.78, 5) is 12.1. The van der Waals surface area contributed by atoms with Gasteiger partial charge < -0.3 is 9.88 Å². The Balaban J connectivity index is 2.22. The summed E-state index contributed by atoms with van der Waals surface area (Å²) in [7, 11) is 1.92. The monoisotopic (exact) mass is 246 g/mol. The van der Waals surface area contributed by atoms with E-state index >= 15 is 0 Å². The number of aryl methyl sites for hydroxylation is 1. The lowest BCUT2D eigenvalue weighted by atomic mass is 10.2. The lowest BCUT2D eigenvalue weighted by Gasteiger charge is -2.05. The number of halogens is 1. The van der Waals surface area contributed by atoms with Crippen LogP contribution in [0.15, 0.2) is 30.3 Å². The van der Waals surface area contributed by atoms with Gasteiger partial charge in [0.25, 0.3) is 5.91 Å². The van der Waals surface area contributed by atoms with E-state index in [0.717, 1.165) is 11.4 Å². The molecule has 2 rings (SSSR count). The molecular formula is C14H15FN2O. The van der Waals surface area contributed by atoms with Gasteiger partial charge in [0.15, 0.2) is 0 Å². The summed E-state index contributed by atoms with van der Waals surface area (Å²) in [5.41, 5.74) is 3.16. The fourth-order valence-corrected chi connectivity index (χ4v) is 1.82. The van der Waals surface area contributed by atoms with Gasteiger partial charge in [-0.3, -0.25) is 4.79 Å². The van der Waals surface area contributed by atoms with Crippen molar-refractivity contribution in [1.29, 1.82) is 0 Å². The van der Waals surface area contributed by atoms with Crippen LogP contribution in [-0.2, 0) is 7.05 Å². The highest BCUT2D eigenvalue weighted by Crippen LogP contribution is 2.16. The van der Waals surface area contributed by atoms with Gasteiger partial charge in [-0.2, -0.15) is 0 Å². The molecule has 2 aromatic rings. The minimum Gasteiger partial charge on any atom is -0.351 e. The third kappa shape index (κ3) is 2.27. The quantitative estimate of drug-likeness (QED) is 0.868. The Morgan fingerprint density at radius 2 is 1.83 bits per heavy atom. The van der Waals surface area contributed by atoms with E-state index in [0.29, 0.717) is 11.3 Å². The van der Waals surface area contributed by atoms with Gasteiger partial charge >= 0.3 is 0 Å². The van der Waals surface area contributed by atoms with Crippen LogP contribution in [0.2, 0.25) is 0 Å². The van der Waals surface area contributed by atoms with Crippen LogP contribution in [0.3, 0.4) is 0 Å². The van der Waals surface area contributed by atoms with Crippen molar-refractivity contribution in [3.05, 3.63) is 53.1 Å². The molecule has 1 N–H and O–H groups in total. The molecule has 1 amide bonds. The molecular weight excluding hydrogens is 231 g/mol. The van der Waals surface area contributed by atoms with Gasteiger partial charge in [0.05, 0.1) is 5.56 Å². The molecule has 0 radical (unpaired) electrons. The minimum atomic E-state index is -0.320. The standard InChI is InChI=1S/C14H15FN2O/c1-9-8-13(10(2)17(9)3)14(18)16-12-6-4-11(15)5-7-12/h4-8H,1-3H3,(H,16,18). The molecule has 0 bridgehead atoms. The Kier molecular flexibility index (Phi) is 3.19. The van der Waals surface area contributed by atoms with E-state index in [1.54, 1.807) is 12.1 Å². The van der Waals surface area contributed by atoms with Gasteiger partial charge in [-0.1, -0.05) is 0 Å². The smallest absolute Gasteiger partial charge is 0.257 e. The third-order valence-electron chi connectivity index (χ3n) is 3.12. The molecule has 0 aliphatic rings. The second-order valence-electron chi connectivity index (χ2n) is 4.30. The Morgan fingerprint density at radius 1 is 1.22 bits per heavy atom. The van der Waals surface area contributed by atoms with Crippen molar-refractivity contribution in [2.75, 3.05) is 5.32 Å². The molecule has 1 heterocycles. The topological polar surface area (TPSA) is 34.0 Å². The van der Waals surface area contributed by atoms with Crippen molar-refractivity contribution in [2.45, 2.75) is 13.8 Å². The zero-order valence-electron chi connectivity index (χ0n) is 10.6. The number of anilines is 1. The first-order valence-corrected chi connectivity index (χ1v) is 5.69. The van der Waals surface area contributed by atoms with E-state index in [2.05, 4.69) is 5.32 Å². The van der Waals surface area contributed by atoms with Gasteiger partial charge in [0.2, 0.25) is 0 Å². The van der Waals surface area contributed by atoms with Crippen LogP contribution in [0.25, 0.3) is 0 Å². The van der Waals surface area contributed by atoms with Crippen molar-refractivity contribution in [2.24, 2.45) is 7.05 Å². The molecule has 1 aromatic heterocycles. The second-order valence-corrected chi connectivity index (χ2v) is 4.30. The first-order chi connectivity index (χ1) is 8.49. The number of nitrogens with one attached hydrogen (secondary N) is 1. The van der Waals surface area contributed by atoms with Gasteiger partial charge in [-0.05, 0) is 44.2 Å². The number of aromatic nitrogens is 1. The number of hydrogen-bond acceptors (Lipinski definition) is 1. The molecule has 94 valence electrons. The fraction of sp³-hybridized carbons (Fsp3) is 0.214. The van der Waals surface area contributed by atoms with Crippen LogP contribution in [0, 0.1) is 19.7 Å². The van der Waals surface area contributed by atoms with Crippen molar-refractivity contribution in [1.82, 2.24) is 4.57 Å². The predicted octanol–water partition coefficient (Wildman–Crippen LogP) is 3.03. The summed E-state index contributed by atoms with van der Waals surface area (Å²) in [5.74, 6) is -0.498. The summed E-state index contributed by atoms with van der Waals surface area (Å²) in [6.07, 6.45) is 0. The number of nitrogens with zero attached hydrogens (tertiary/aromatic N) is 1. The number of carbonyl (C=O) groups is 1. The van der Waals surface area contributed by atoms with E-state index in [-0.39, 0.29) is 11.7 Å². The number of benzene rings is 1. The van der Waals surface area contributed by atoms with E-state index in [1.807, 2.05) is 31.5 Å². The van der Waals surface area contributed by atoms with Crippen LogP contribution in [0.1, 0.15) is 21.7 Å². The zero-order valence-corrected chi connectivity index (χ0v) is 10.6. The molecule has 0 spiro atoms. The summed E-state index contributed by atoms with van der Waals surface area (Å²) in [5, 5.41) is 2.75. The highest BCUT2D eigenvalue weighted by Gasteiger charge is 2.13. The zero-order chi connectivity index (χ0) is 13.3. The number of rotatable bonds is 2. The Bertz CT molecular complexity index is 585. The predicted molar refractivity (Wildman–Crippen MR) is 69.2 cm³/mol. The molecule has 1 aromatic carbocycles. The summed E-state index contributed by atoms with van der Waals surface area (Å²) < 4.78 is 14.7. The van der Waals surface area contributed by atoms with Crippen molar-refractivity contribution < 1.29 is 9.18 Å². The highest BCUT2D eigenvalue weighted by molar-refractivity contribution is 6.05. The maximum Gasteiger partial charge on any atom is 0.257 e. The van der Waals surface area contributed by atoms with Crippen molar-refractivity contribution in [3.63, 3.8) is 0 Å². The van der Waals surface area contributed by atoms with E-state index in [4.69, 9.17) is 0 Å². The lowest BCUT2D eigenvalue weighted by Crippen LogP contribution is -2.12. The van der Waals surface area contributed by atoms with Crippen LogP contribution < -0.4 is 5.32 Å². The average molecular weight is 246 g/mol. The van der Waals surface area contributed by atoms with Crippen molar-refractivity contribution >= 4 is 11.6 Å². The molecule has 0 fully saturated rings. The first kappa shape index (κ1) is 12.4. The van der Waals surface area contributed by atoms with Gasteiger partial charge in [0.1, 0.15) is 5.82 Å². The van der Waals surface area contributed by atoms with Crippen LogP contribution >= 0.6 is 0 Å². The Labute approximate surface area is 105 Å². The molecule has 0 aliphatic heterocycles. The molecule has 0 unspecified atom stereocenters. The molecule has 0 saturated carbocycles. The highest BCUT2D eigenvalue weighted by atomic mass is 19.1. The SMILES string of the molecule is Cc1cc(C(=O)Nc2ccc(F)cc2)c(C)n1C. The molecule has 0 atom stereocenters. The Morgan fingerprint density at radius 3 is 2.33 bits per heavy atom. The van der Waals surface area contributed by atoms with Gasteiger partial charge in [0, 0.05) is 24.1 Å². The van der Waals surface area contributed by atoms with Crippen LogP contribution in [0.4, 0.5) is 10.1 Å². The largest absolute Gasteiger partial charge is 0.351 e. The molecule has 4 heteroatoms. The molecule has 0 aliphatic carbocycles. The van der Waals surface area contributed by atoms with Gasteiger partial charge in [-0.25, -0.2) is 4.39 Å². The number of amides is 1. The lowest BCUT2D eigenvalue weighted by molar-refractivity contribution is 0.102. The first-order valence-electron chi connectivity index (χ1n) is 5.69. The maximum atomic E-state index is 12.8. The maximum absolute atomic E-state index is 12.8. The summed E-state index contributed by atoms with van der Waals surface area (Å²) in [6, 6.07) is 7.56. The number of carbonyl (C=O) groups excluding carboxylic acids is 1. The number of hydrogen-bond donors (Lipinski definition) is 1. The summed E-state index contributed by atoms with van der Waals surface area (Å²) >= 11 is 0. The second kappa shape index (κ2) is 4.64. The van der Waals surface area contributed by atoms with E-state index in [9.17, 15) is 9.18 Å². The molecule has 0 saturated heterocycles. The average Bonchev–Trinajstić information content (AvgIpc) is 2.60. The van der Waals surface area contributed by atoms with Gasteiger partial charge in [-0.15, -0.1) is 0 Å². The normalized spacial score (nSPS) is 10.4.